The average Bonchev–Trinajstić information content (AvgIpc) is 2.41. The number of amides is 1. The van der Waals surface area contributed by atoms with Gasteiger partial charge in [-0.3, -0.25) is 14.9 Å². The molecule has 1 fully saturated rings. The highest BCUT2D eigenvalue weighted by atomic mass is 16.6. The van der Waals surface area contributed by atoms with Crippen molar-refractivity contribution in [2.45, 2.75) is 38.6 Å². The summed E-state index contributed by atoms with van der Waals surface area (Å²) in [6.07, 6.45) is 4.57. The highest BCUT2D eigenvalue weighted by molar-refractivity contribution is 5.99. The molecular weight excluding hydrogens is 258 g/mol. The lowest BCUT2D eigenvalue weighted by Gasteiger charge is -2.30. The maximum atomic E-state index is 11.5. The maximum absolute atomic E-state index is 11.5. The first kappa shape index (κ1) is 14.3. The van der Waals surface area contributed by atoms with Gasteiger partial charge in [-0.25, -0.2) is 0 Å². The number of non-ortho nitro benzene ring substituents is 1. The fraction of sp³-hybridized carbons (Fsp3) is 0.500. The number of carbonyl (C=O) groups excluding carboxylic acids is 1. The van der Waals surface area contributed by atoms with Gasteiger partial charge >= 0.3 is 0 Å². The molecule has 3 N–H and O–H groups in total. The van der Waals surface area contributed by atoms with E-state index in [0.717, 1.165) is 19.3 Å². The van der Waals surface area contributed by atoms with E-state index in [0.29, 0.717) is 11.6 Å². The minimum Gasteiger partial charge on any atom is -0.381 e. The summed E-state index contributed by atoms with van der Waals surface area (Å²) >= 11 is 0. The van der Waals surface area contributed by atoms with Gasteiger partial charge in [-0.1, -0.05) is 19.8 Å². The Morgan fingerprint density at radius 2 is 2.10 bits per heavy atom. The molecule has 1 saturated carbocycles. The van der Waals surface area contributed by atoms with Gasteiger partial charge < -0.3 is 11.1 Å². The molecule has 2 atom stereocenters. The molecule has 0 bridgehead atoms. The lowest BCUT2D eigenvalue weighted by molar-refractivity contribution is -0.384. The van der Waals surface area contributed by atoms with Crippen LogP contribution in [0.4, 0.5) is 11.4 Å². The summed E-state index contributed by atoms with van der Waals surface area (Å²) in [4.78, 5) is 21.7. The molecule has 2 rings (SSSR count). The van der Waals surface area contributed by atoms with Gasteiger partial charge in [0.05, 0.1) is 10.5 Å². The zero-order valence-electron chi connectivity index (χ0n) is 11.5. The summed E-state index contributed by atoms with van der Waals surface area (Å²) < 4.78 is 0. The van der Waals surface area contributed by atoms with Crippen LogP contribution >= 0.6 is 0 Å². The van der Waals surface area contributed by atoms with Crippen LogP contribution in [0.2, 0.25) is 0 Å². The van der Waals surface area contributed by atoms with Crippen molar-refractivity contribution >= 4 is 17.3 Å². The third kappa shape index (κ3) is 3.07. The predicted molar refractivity (Wildman–Crippen MR) is 76.7 cm³/mol. The molecule has 0 spiro atoms. The zero-order valence-corrected chi connectivity index (χ0v) is 11.5. The molecule has 6 heteroatoms. The zero-order chi connectivity index (χ0) is 14.7. The summed E-state index contributed by atoms with van der Waals surface area (Å²) in [5.74, 6) is -0.140. The van der Waals surface area contributed by atoms with Crippen LogP contribution in [0.5, 0.6) is 0 Å². The number of nitrogens with one attached hydrogen (secondary N) is 1. The number of primary amides is 1. The summed E-state index contributed by atoms with van der Waals surface area (Å²) in [6, 6.07) is 4.48. The van der Waals surface area contributed by atoms with Gasteiger partial charge in [-0.2, -0.15) is 0 Å². The number of nitro groups is 1. The van der Waals surface area contributed by atoms with Crippen molar-refractivity contribution < 1.29 is 9.72 Å². The van der Waals surface area contributed by atoms with Crippen LogP contribution < -0.4 is 11.1 Å². The lowest BCUT2D eigenvalue weighted by atomic mass is 9.85. The molecule has 1 aromatic carbocycles. The molecule has 108 valence electrons. The van der Waals surface area contributed by atoms with Crippen molar-refractivity contribution in [2.75, 3.05) is 5.32 Å². The molecule has 0 radical (unpaired) electrons. The van der Waals surface area contributed by atoms with E-state index in [4.69, 9.17) is 5.73 Å². The molecule has 1 amide bonds. The van der Waals surface area contributed by atoms with Gasteiger partial charge in [0.2, 0.25) is 0 Å². The Morgan fingerprint density at radius 3 is 2.70 bits per heavy atom. The Kier molecular flexibility index (Phi) is 4.22. The molecule has 1 aliphatic carbocycles. The average molecular weight is 277 g/mol. The van der Waals surface area contributed by atoms with Gasteiger partial charge in [-0.15, -0.1) is 0 Å². The van der Waals surface area contributed by atoms with Crippen LogP contribution in [0.15, 0.2) is 18.2 Å². The van der Waals surface area contributed by atoms with Gasteiger partial charge in [0.1, 0.15) is 0 Å². The van der Waals surface area contributed by atoms with E-state index in [1.807, 2.05) is 0 Å². The quantitative estimate of drug-likeness (QED) is 0.653. The lowest BCUT2D eigenvalue weighted by Crippen LogP contribution is -2.31. The number of hydrogen-bond acceptors (Lipinski definition) is 4. The molecule has 6 nitrogen and oxygen atoms in total. The summed E-state index contributed by atoms with van der Waals surface area (Å²) in [6.45, 7) is 2.17. The monoisotopic (exact) mass is 277 g/mol. The Labute approximate surface area is 117 Å². The molecule has 0 heterocycles. The normalized spacial score (nSPS) is 22.2. The molecule has 0 aromatic heterocycles. The number of rotatable bonds is 4. The number of benzene rings is 1. The van der Waals surface area contributed by atoms with E-state index < -0.39 is 10.8 Å². The van der Waals surface area contributed by atoms with E-state index in [2.05, 4.69) is 12.2 Å². The fourth-order valence-corrected chi connectivity index (χ4v) is 2.71. The maximum Gasteiger partial charge on any atom is 0.270 e. The van der Waals surface area contributed by atoms with Crippen LogP contribution in [-0.4, -0.2) is 16.9 Å². The van der Waals surface area contributed by atoms with Crippen LogP contribution in [0.25, 0.3) is 0 Å². The van der Waals surface area contributed by atoms with Crippen molar-refractivity contribution in [3.8, 4) is 0 Å². The molecule has 1 aliphatic rings. The van der Waals surface area contributed by atoms with Crippen molar-refractivity contribution in [2.24, 2.45) is 11.7 Å². The molecule has 0 unspecified atom stereocenters. The van der Waals surface area contributed by atoms with Gasteiger partial charge in [0.15, 0.2) is 0 Å². The highest BCUT2D eigenvalue weighted by Crippen LogP contribution is 2.29. The van der Waals surface area contributed by atoms with Crippen LogP contribution in [0, 0.1) is 16.0 Å². The highest BCUT2D eigenvalue weighted by Gasteiger charge is 2.23. The van der Waals surface area contributed by atoms with Gasteiger partial charge in [0.25, 0.3) is 11.6 Å². The van der Waals surface area contributed by atoms with E-state index in [1.165, 1.54) is 18.6 Å². The summed E-state index contributed by atoms with van der Waals surface area (Å²) in [5.41, 5.74) is 5.96. The minimum absolute atomic E-state index is 0.124. The second-order valence-electron chi connectivity index (χ2n) is 5.36. The van der Waals surface area contributed by atoms with Crippen LogP contribution in [0.3, 0.4) is 0 Å². The predicted octanol–water partition coefficient (Wildman–Crippen LogP) is 2.68. The van der Waals surface area contributed by atoms with Crippen molar-refractivity contribution in [3.05, 3.63) is 33.9 Å². The number of nitrogens with zero attached hydrogens (tertiary/aromatic N) is 1. The summed E-state index contributed by atoms with van der Waals surface area (Å²) in [5, 5.41) is 14.1. The molecule has 1 aromatic rings. The van der Waals surface area contributed by atoms with Crippen molar-refractivity contribution in [1.29, 1.82) is 0 Å². The van der Waals surface area contributed by atoms with Gasteiger partial charge in [0, 0.05) is 23.9 Å². The van der Waals surface area contributed by atoms with E-state index in [-0.39, 0.29) is 17.3 Å². The first-order chi connectivity index (χ1) is 9.49. The smallest absolute Gasteiger partial charge is 0.270 e. The Hall–Kier alpha value is -2.11. The summed E-state index contributed by atoms with van der Waals surface area (Å²) in [7, 11) is 0. The number of anilines is 1. The van der Waals surface area contributed by atoms with Gasteiger partial charge in [-0.05, 0) is 24.8 Å². The van der Waals surface area contributed by atoms with E-state index >= 15 is 0 Å². The Bertz CT molecular complexity index is 530. The number of carbonyl (C=O) groups is 1. The standard InChI is InChI=1S/C14H19N3O3/c1-9-4-2-3-5-12(9)16-13-7-6-10(17(19)20)8-11(13)14(15)18/h6-9,12,16H,2-5H2,1H3,(H2,15,18)/t9-,12+/m0/s1. The Balaban J connectivity index is 2.26. The van der Waals surface area contributed by atoms with Crippen LogP contribution in [0.1, 0.15) is 43.0 Å². The molecule has 0 saturated heterocycles. The van der Waals surface area contributed by atoms with E-state index in [9.17, 15) is 14.9 Å². The minimum atomic E-state index is -0.653. The molecule has 20 heavy (non-hydrogen) atoms. The number of hydrogen-bond donors (Lipinski definition) is 2. The van der Waals surface area contributed by atoms with Crippen molar-refractivity contribution in [3.63, 3.8) is 0 Å². The largest absolute Gasteiger partial charge is 0.381 e. The number of nitro benzene ring substituents is 1. The first-order valence-electron chi connectivity index (χ1n) is 6.84. The number of nitrogens with two attached hydrogens (primary N) is 1. The second-order valence-corrected chi connectivity index (χ2v) is 5.36. The SMILES string of the molecule is C[C@H]1CCCC[C@H]1Nc1ccc([N+](=O)[O-])cc1C(N)=O. The molecular formula is C14H19N3O3. The Morgan fingerprint density at radius 1 is 1.40 bits per heavy atom. The second kappa shape index (κ2) is 5.90. The third-order valence-electron chi connectivity index (χ3n) is 3.93. The fourth-order valence-electron chi connectivity index (χ4n) is 2.71. The van der Waals surface area contributed by atoms with E-state index in [1.54, 1.807) is 6.07 Å². The third-order valence-corrected chi connectivity index (χ3v) is 3.93. The van der Waals surface area contributed by atoms with Crippen molar-refractivity contribution in [1.82, 2.24) is 0 Å². The first-order valence-corrected chi connectivity index (χ1v) is 6.84. The van der Waals surface area contributed by atoms with Crippen LogP contribution in [-0.2, 0) is 0 Å². The molecule has 0 aliphatic heterocycles. The topological polar surface area (TPSA) is 98.3 Å².